The number of hydrogen-bond donors (Lipinski definition) is 1. The predicted octanol–water partition coefficient (Wildman–Crippen LogP) is 2.42. The Morgan fingerprint density at radius 3 is 2.56 bits per heavy atom. The average molecular weight is 222 g/mol. The van der Waals surface area contributed by atoms with Crippen LogP contribution in [0.1, 0.15) is 38.5 Å². The summed E-state index contributed by atoms with van der Waals surface area (Å²) in [4.78, 5) is 2.62. The first-order chi connectivity index (χ1) is 7.90. The van der Waals surface area contributed by atoms with Crippen molar-refractivity contribution >= 4 is 0 Å². The molecule has 1 saturated carbocycles. The van der Waals surface area contributed by atoms with Gasteiger partial charge >= 0.3 is 0 Å². The van der Waals surface area contributed by atoms with Gasteiger partial charge in [0, 0.05) is 12.6 Å². The third kappa shape index (κ3) is 3.91. The molecule has 0 spiro atoms. The van der Waals surface area contributed by atoms with Crippen molar-refractivity contribution in [3.63, 3.8) is 0 Å². The van der Waals surface area contributed by atoms with E-state index in [-0.39, 0.29) is 0 Å². The minimum absolute atomic E-state index is 0.894. The fraction of sp³-hybridized carbons (Fsp3) is 0.857. The van der Waals surface area contributed by atoms with Crippen molar-refractivity contribution in [2.45, 2.75) is 44.6 Å². The highest BCUT2D eigenvalue weighted by molar-refractivity contribution is 4.88. The van der Waals surface area contributed by atoms with Crippen molar-refractivity contribution in [1.82, 2.24) is 10.2 Å². The van der Waals surface area contributed by atoms with Crippen LogP contribution in [0, 0.1) is 5.92 Å². The number of nitrogens with one attached hydrogen (secondary N) is 1. The molecule has 2 fully saturated rings. The van der Waals surface area contributed by atoms with E-state index < -0.39 is 0 Å². The Bertz CT molecular complexity index is 205. The van der Waals surface area contributed by atoms with Gasteiger partial charge in [-0.05, 0) is 64.1 Å². The molecule has 0 bridgehead atoms. The van der Waals surface area contributed by atoms with Crippen molar-refractivity contribution in [3.8, 4) is 0 Å². The number of nitrogens with zero attached hydrogens (tertiary/aromatic N) is 1. The molecule has 2 aliphatic rings. The van der Waals surface area contributed by atoms with E-state index >= 15 is 0 Å². The molecule has 1 saturated heterocycles. The van der Waals surface area contributed by atoms with Crippen LogP contribution in [0.5, 0.6) is 0 Å². The van der Waals surface area contributed by atoms with E-state index in [4.69, 9.17) is 0 Å². The monoisotopic (exact) mass is 222 g/mol. The van der Waals surface area contributed by atoms with E-state index in [2.05, 4.69) is 22.9 Å². The van der Waals surface area contributed by atoms with Gasteiger partial charge in [-0.2, -0.15) is 0 Å². The van der Waals surface area contributed by atoms with Crippen LogP contribution < -0.4 is 5.32 Å². The van der Waals surface area contributed by atoms with Crippen molar-refractivity contribution in [2.75, 3.05) is 26.2 Å². The summed E-state index contributed by atoms with van der Waals surface area (Å²) in [6.45, 7) is 8.72. The highest BCUT2D eigenvalue weighted by atomic mass is 15.2. The summed E-state index contributed by atoms with van der Waals surface area (Å²) >= 11 is 0. The van der Waals surface area contributed by atoms with E-state index in [0.717, 1.165) is 18.5 Å². The first kappa shape index (κ1) is 12.1. The van der Waals surface area contributed by atoms with Crippen LogP contribution in [-0.4, -0.2) is 37.1 Å². The Morgan fingerprint density at radius 1 is 1.19 bits per heavy atom. The van der Waals surface area contributed by atoms with Gasteiger partial charge in [0.15, 0.2) is 0 Å². The summed E-state index contributed by atoms with van der Waals surface area (Å²) in [6, 6.07) is 0.894. The summed E-state index contributed by atoms with van der Waals surface area (Å²) in [6.07, 6.45) is 10.5. The van der Waals surface area contributed by atoms with Gasteiger partial charge in [-0.25, -0.2) is 0 Å². The predicted molar refractivity (Wildman–Crippen MR) is 69.6 cm³/mol. The maximum absolute atomic E-state index is 3.86. The molecule has 1 N–H and O–H groups in total. The molecule has 1 aliphatic heterocycles. The van der Waals surface area contributed by atoms with E-state index in [1.807, 2.05) is 0 Å². The second-order valence-electron chi connectivity index (χ2n) is 5.35. The van der Waals surface area contributed by atoms with Crippen molar-refractivity contribution in [1.29, 1.82) is 0 Å². The number of rotatable bonds is 7. The molecule has 0 aromatic carbocycles. The largest absolute Gasteiger partial charge is 0.317 e. The maximum atomic E-state index is 3.86. The molecule has 2 heteroatoms. The highest BCUT2D eigenvalue weighted by Crippen LogP contribution is 2.27. The Kier molecular flexibility index (Phi) is 4.86. The average Bonchev–Trinajstić information content (AvgIpc) is 3.13. The molecule has 16 heavy (non-hydrogen) atoms. The van der Waals surface area contributed by atoms with Gasteiger partial charge in [0.05, 0.1) is 0 Å². The summed E-state index contributed by atoms with van der Waals surface area (Å²) < 4.78 is 0. The van der Waals surface area contributed by atoms with Crippen molar-refractivity contribution in [2.24, 2.45) is 5.92 Å². The molecule has 1 heterocycles. The van der Waals surface area contributed by atoms with Gasteiger partial charge in [-0.1, -0.05) is 6.08 Å². The molecule has 0 unspecified atom stereocenters. The number of hydrogen-bond acceptors (Lipinski definition) is 2. The third-order valence-corrected chi connectivity index (χ3v) is 3.94. The quantitative estimate of drug-likeness (QED) is 0.666. The van der Waals surface area contributed by atoms with Crippen LogP contribution in [-0.2, 0) is 0 Å². The maximum Gasteiger partial charge on any atom is 0.0163 e. The van der Waals surface area contributed by atoms with Crippen LogP contribution in [0.2, 0.25) is 0 Å². The minimum atomic E-state index is 0.894. The lowest BCUT2D eigenvalue weighted by Crippen LogP contribution is -2.30. The van der Waals surface area contributed by atoms with Gasteiger partial charge < -0.3 is 5.32 Å². The fourth-order valence-electron chi connectivity index (χ4n) is 2.78. The summed E-state index contributed by atoms with van der Waals surface area (Å²) in [5.41, 5.74) is 0. The van der Waals surface area contributed by atoms with Crippen LogP contribution in [0.4, 0.5) is 0 Å². The second-order valence-corrected chi connectivity index (χ2v) is 5.35. The Morgan fingerprint density at radius 2 is 1.94 bits per heavy atom. The Hall–Kier alpha value is -0.340. The zero-order chi connectivity index (χ0) is 11.2. The molecule has 0 atom stereocenters. The van der Waals surface area contributed by atoms with Crippen molar-refractivity contribution in [3.05, 3.63) is 12.7 Å². The second kappa shape index (κ2) is 6.41. The zero-order valence-electron chi connectivity index (χ0n) is 10.5. The van der Waals surface area contributed by atoms with Crippen LogP contribution >= 0.6 is 0 Å². The molecule has 0 aromatic rings. The molecule has 0 amide bonds. The van der Waals surface area contributed by atoms with E-state index in [9.17, 15) is 0 Å². The highest BCUT2D eigenvalue weighted by Gasteiger charge is 2.27. The van der Waals surface area contributed by atoms with E-state index in [1.165, 1.54) is 58.2 Å². The summed E-state index contributed by atoms with van der Waals surface area (Å²) in [7, 11) is 0. The Balaban J connectivity index is 1.59. The van der Waals surface area contributed by atoms with Gasteiger partial charge in [0.1, 0.15) is 0 Å². The molecule has 2 rings (SSSR count). The third-order valence-electron chi connectivity index (χ3n) is 3.94. The van der Waals surface area contributed by atoms with Gasteiger partial charge in [-0.3, -0.25) is 4.90 Å². The minimum Gasteiger partial charge on any atom is -0.317 e. The van der Waals surface area contributed by atoms with Gasteiger partial charge in [-0.15, -0.1) is 6.58 Å². The standard InChI is InChI=1S/C14H26N2/c1-2-11-16(14-5-6-14)12-3-4-13-7-9-15-10-8-13/h2,13-15H,1,3-12H2. The van der Waals surface area contributed by atoms with Gasteiger partial charge in [0.2, 0.25) is 0 Å². The lowest BCUT2D eigenvalue weighted by molar-refractivity contribution is 0.264. The zero-order valence-corrected chi connectivity index (χ0v) is 10.5. The molecule has 92 valence electrons. The normalized spacial score (nSPS) is 22.6. The van der Waals surface area contributed by atoms with E-state index in [0.29, 0.717) is 0 Å². The summed E-state index contributed by atoms with van der Waals surface area (Å²) in [5, 5.41) is 3.44. The van der Waals surface area contributed by atoms with Crippen LogP contribution in [0.25, 0.3) is 0 Å². The topological polar surface area (TPSA) is 15.3 Å². The summed E-state index contributed by atoms with van der Waals surface area (Å²) in [5.74, 6) is 0.992. The first-order valence-corrected chi connectivity index (χ1v) is 6.96. The SMILES string of the molecule is C=CCN(CCCC1CCNCC1)C1CC1. The fourth-order valence-corrected chi connectivity index (χ4v) is 2.78. The smallest absolute Gasteiger partial charge is 0.0163 e. The lowest BCUT2D eigenvalue weighted by Gasteiger charge is -2.25. The molecule has 1 aliphatic carbocycles. The van der Waals surface area contributed by atoms with E-state index in [1.54, 1.807) is 0 Å². The van der Waals surface area contributed by atoms with Crippen LogP contribution in [0.3, 0.4) is 0 Å². The molecule has 0 radical (unpaired) electrons. The molecular weight excluding hydrogens is 196 g/mol. The molecular formula is C14H26N2. The van der Waals surface area contributed by atoms with Gasteiger partial charge in [0.25, 0.3) is 0 Å². The van der Waals surface area contributed by atoms with Crippen molar-refractivity contribution < 1.29 is 0 Å². The first-order valence-electron chi connectivity index (χ1n) is 6.96. The lowest BCUT2D eigenvalue weighted by atomic mass is 9.93. The molecule has 2 nitrogen and oxygen atoms in total. The van der Waals surface area contributed by atoms with Crippen LogP contribution in [0.15, 0.2) is 12.7 Å². The molecule has 0 aromatic heterocycles. The Labute approximate surface area is 100 Å². The number of piperidine rings is 1.